The fourth-order valence-electron chi connectivity index (χ4n) is 4.62. The number of hydrogen-bond donors (Lipinski definition) is 0. The maximum absolute atomic E-state index is 13.0. The summed E-state index contributed by atoms with van der Waals surface area (Å²) in [6, 6.07) is 10.3. The third-order valence-electron chi connectivity index (χ3n) is 6.66. The molecule has 1 aliphatic heterocycles. The average molecular weight is 426 g/mol. The van der Waals surface area contributed by atoms with Crippen LogP contribution in [0, 0.1) is 11.3 Å². The third kappa shape index (κ3) is 8.65. The van der Waals surface area contributed by atoms with Crippen LogP contribution in [0.2, 0.25) is 0 Å². The molecule has 0 spiro atoms. The van der Waals surface area contributed by atoms with Crippen molar-refractivity contribution in [3.05, 3.63) is 35.4 Å². The highest BCUT2D eigenvalue weighted by Crippen LogP contribution is 2.20. The number of carbonyl (C=O) groups is 1. The molecule has 0 aromatic heterocycles. The number of piperazine rings is 1. The monoisotopic (exact) mass is 425 g/mol. The van der Waals surface area contributed by atoms with Crippen LogP contribution in [-0.4, -0.2) is 47.4 Å². The van der Waals surface area contributed by atoms with Gasteiger partial charge < -0.3 is 4.90 Å². The van der Waals surface area contributed by atoms with E-state index in [-0.39, 0.29) is 11.9 Å². The largest absolute Gasteiger partial charge is 0.333 e. The minimum absolute atomic E-state index is 0.112. The SMILES string of the molecule is CCCCCCCCCCCCN1CC(C)N(C(=O)c2ccc(CC#N)cc2)CC1C. The highest BCUT2D eigenvalue weighted by molar-refractivity contribution is 5.94. The van der Waals surface area contributed by atoms with Gasteiger partial charge in [-0.25, -0.2) is 0 Å². The Kier molecular flexibility index (Phi) is 11.7. The lowest BCUT2D eigenvalue weighted by molar-refractivity contribution is 0.0312. The fourth-order valence-corrected chi connectivity index (χ4v) is 4.62. The number of benzene rings is 1. The van der Waals surface area contributed by atoms with Crippen LogP contribution in [0.15, 0.2) is 24.3 Å². The van der Waals surface area contributed by atoms with E-state index in [0.717, 1.165) is 30.8 Å². The van der Waals surface area contributed by atoms with Gasteiger partial charge in [0, 0.05) is 30.7 Å². The van der Waals surface area contributed by atoms with Crippen LogP contribution < -0.4 is 0 Å². The Morgan fingerprint density at radius 1 is 0.903 bits per heavy atom. The Morgan fingerprint density at radius 2 is 1.48 bits per heavy atom. The summed E-state index contributed by atoms with van der Waals surface area (Å²) in [6.45, 7) is 9.58. The van der Waals surface area contributed by atoms with Gasteiger partial charge in [0.05, 0.1) is 12.5 Å². The smallest absolute Gasteiger partial charge is 0.254 e. The van der Waals surface area contributed by atoms with Gasteiger partial charge in [-0.05, 0) is 44.5 Å². The number of carbonyl (C=O) groups excluding carboxylic acids is 1. The lowest BCUT2D eigenvalue weighted by atomic mass is 10.0. The molecule has 1 aromatic carbocycles. The minimum Gasteiger partial charge on any atom is -0.333 e. The van der Waals surface area contributed by atoms with Gasteiger partial charge in [-0.1, -0.05) is 76.8 Å². The van der Waals surface area contributed by atoms with Crippen LogP contribution >= 0.6 is 0 Å². The molecule has 1 saturated heterocycles. The topological polar surface area (TPSA) is 47.3 Å². The molecule has 1 aliphatic rings. The molecule has 1 fully saturated rings. The van der Waals surface area contributed by atoms with Crippen molar-refractivity contribution in [2.75, 3.05) is 19.6 Å². The molecule has 0 N–H and O–H groups in total. The van der Waals surface area contributed by atoms with Gasteiger partial charge >= 0.3 is 0 Å². The predicted molar refractivity (Wildman–Crippen MR) is 129 cm³/mol. The molecule has 2 atom stereocenters. The maximum atomic E-state index is 13.0. The van der Waals surface area contributed by atoms with E-state index < -0.39 is 0 Å². The van der Waals surface area contributed by atoms with E-state index in [9.17, 15) is 4.79 Å². The van der Waals surface area contributed by atoms with E-state index in [1.54, 1.807) is 0 Å². The molecule has 1 heterocycles. The molecular weight excluding hydrogens is 382 g/mol. The predicted octanol–water partition coefficient (Wildman–Crippen LogP) is 6.21. The van der Waals surface area contributed by atoms with Crippen LogP contribution in [0.3, 0.4) is 0 Å². The molecule has 2 rings (SSSR count). The Labute approximate surface area is 190 Å². The molecule has 0 saturated carbocycles. The van der Waals surface area contributed by atoms with E-state index in [1.807, 2.05) is 29.2 Å². The Balaban J connectivity index is 1.67. The zero-order valence-electron chi connectivity index (χ0n) is 20.1. The van der Waals surface area contributed by atoms with Crippen LogP contribution in [0.5, 0.6) is 0 Å². The zero-order valence-corrected chi connectivity index (χ0v) is 20.1. The Morgan fingerprint density at radius 3 is 2.06 bits per heavy atom. The van der Waals surface area contributed by atoms with Crippen molar-refractivity contribution in [2.45, 2.75) is 103 Å². The number of unbranched alkanes of at least 4 members (excludes halogenated alkanes) is 9. The number of nitrogens with zero attached hydrogens (tertiary/aromatic N) is 3. The molecule has 0 aliphatic carbocycles. The first-order valence-corrected chi connectivity index (χ1v) is 12.6. The molecule has 172 valence electrons. The summed E-state index contributed by atoms with van der Waals surface area (Å²) >= 11 is 0. The zero-order chi connectivity index (χ0) is 22.5. The summed E-state index contributed by atoms with van der Waals surface area (Å²) in [5.41, 5.74) is 1.69. The average Bonchev–Trinajstić information content (AvgIpc) is 2.77. The molecular formula is C27H43N3O. The van der Waals surface area contributed by atoms with E-state index in [1.165, 1.54) is 64.2 Å². The van der Waals surface area contributed by atoms with E-state index in [4.69, 9.17) is 5.26 Å². The lowest BCUT2D eigenvalue weighted by Gasteiger charge is -2.44. The summed E-state index contributed by atoms with van der Waals surface area (Å²) in [5, 5.41) is 8.81. The van der Waals surface area contributed by atoms with E-state index >= 15 is 0 Å². The highest BCUT2D eigenvalue weighted by atomic mass is 16.2. The first-order chi connectivity index (χ1) is 15.1. The molecule has 2 unspecified atom stereocenters. The Hall–Kier alpha value is -1.86. The van der Waals surface area contributed by atoms with Crippen molar-refractivity contribution in [3.63, 3.8) is 0 Å². The molecule has 1 aromatic rings. The van der Waals surface area contributed by atoms with Crippen LogP contribution in [-0.2, 0) is 6.42 Å². The van der Waals surface area contributed by atoms with E-state index in [0.29, 0.717) is 12.5 Å². The van der Waals surface area contributed by atoms with Gasteiger partial charge in [-0.3, -0.25) is 9.69 Å². The summed E-state index contributed by atoms with van der Waals surface area (Å²) in [4.78, 5) is 17.6. The van der Waals surface area contributed by atoms with Gasteiger partial charge in [-0.2, -0.15) is 5.26 Å². The fraction of sp³-hybridized carbons (Fsp3) is 0.704. The van der Waals surface area contributed by atoms with Crippen molar-refractivity contribution in [1.29, 1.82) is 5.26 Å². The van der Waals surface area contributed by atoms with E-state index in [2.05, 4.69) is 31.7 Å². The van der Waals surface area contributed by atoms with Gasteiger partial charge in [0.2, 0.25) is 0 Å². The second-order valence-corrected chi connectivity index (χ2v) is 9.36. The second kappa shape index (κ2) is 14.2. The van der Waals surface area contributed by atoms with Crippen molar-refractivity contribution in [1.82, 2.24) is 9.80 Å². The van der Waals surface area contributed by atoms with Crippen molar-refractivity contribution < 1.29 is 4.79 Å². The van der Waals surface area contributed by atoms with Crippen LogP contribution in [0.4, 0.5) is 0 Å². The van der Waals surface area contributed by atoms with Crippen LogP contribution in [0.1, 0.15) is 101 Å². The first kappa shape index (κ1) is 25.4. The van der Waals surface area contributed by atoms with Gasteiger partial charge in [0.25, 0.3) is 5.91 Å². The first-order valence-electron chi connectivity index (χ1n) is 12.6. The standard InChI is InChI=1S/C27H43N3O/c1-4-5-6-7-8-9-10-11-12-13-20-29-21-24(3)30(22-23(29)2)27(31)26-16-14-25(15-17-26)18-19-28/h14-17,23-24H,4-13,18,20-22H2,1-3H3. The van der Waals surface area contributed by atoms with Crippen molar-refractivity contribution >= 4 is 5.91 Å². The van der Waals surface area contributed by atoms with Crippen molar-refractivity contribution in [2.24, 2.45) is 0 Å². The van der Waals surface area contributed by atoms with Crippen LogP contribution in [0.25, 0.3) is 0 Å². The van der Waals surface area contributed by atoms with Gasteiger partial charge in [-0.15, -0.1) is 0 Å². The van der Waals surface area contributed by atoms with Gasteiger partial charge in [0.1, 0.15) is 0 Å². The molecule has 1 amide bonds. The number of rotatable bonds is 13. The molecule has 4 heteroatoms. The number of hydrogen-bond acceptors (Lipinski definition) is 3. The number of amides is 1. The second-order valence-electron chi connectivity index (χ2n) is 9.36. The van der Waals surface area contributed by atoms with Gasteiger partial charge in [0.15, 0.2) is 0 Å². The normalized spacial score (nSPS) is 19.4. The highest BCUT2D eigenvalue weighted by Gasteiger charge is 2.32. The molecule has 31 heavy (non-hydrogen) atoms. The molecule has 4 nitrogen and oxygen atoms in total. The summed E-state index contributed by atoms with van der Waals surface area (Å²) in [6.07, 6.45) is 14.1. The molecule has 0 radical (unpaired) electrons. The van der Waals surface area contributed by atoms with Crippen molar-refractivity contribution in [3.8, 4) is 6.07 Å². The summed E-state index contributed by atoms with van der Waals surface area (Å²) in [7, 11) is 0. The lowest BCUT2D eigenvalue weighted by Crippen LogP contribution is -2.58. The summed E-state index contributed by atoms with van der Waals surface area (Å²) in [5.74, 6) is 0.112. The quantitative estimate of drug-likeness (QED) is 0.353. The minimum atomic E-state index is 0.112. The third-order valence-corrected chi connectivity index (χ3v) is 6.66. The Bertz CT molecular complexity index is 679. The number of nitriles is 1. The molecule has 0 bridgehead atoms. The summed E-state index contributed by atoms with van der Waals surface area (Å²) < 4.78 is 0. The maximum Gasteiger partial charge on any atom is 0.254 e.